The predicted octanol–water partition coefficient (Wildman–Crippen LogP) is 2.25. The van der Waals surface area contributed by atoms with Crippen LogP contribution in [0.3, 0.4) is 0 Å². The van der Waals surface area contributed by atoms with Crippen molar-refractivity contribution in [1.29, 1.82) is 0 Å². The van der Waals surface area contributed by atoms with E-state index in [1.54, 1.807) is 57.4 Å². The number of rotatable bonds is 10. The van der Waals surface area contributed by atoms with Crippen molar-refractivity contribution in [2.75, 3.05) is 59.5 Å². The van der Waals surface area contributed by atoms with E-state index in [0.29, 0.717) is 30.5 Å². The van der Waals surface area contributed by atoms with Gasteiger partial charge in [0.1, 0.15) is 0 Å². The largest absolute Gasteiger partial charge is 0.493 e. The Bertz CT molecular complexity index is 591. The van der Waals surface area contributed by atoms with E-state index < -0.39 is 0 Å². The third-order valence-electron chi connectivity index (χ3n) is 3.68. The summed E-state index contributed by atoms with van der Waals surface area (Å²) >= 11 is 1.75. The molecule has 1 amide bonds. The van der Waals surface area contributed by atoms with Crippen molar-refractivity contribution in [3.63, 3.8) is 0 Å². The molecular formula is C18H25NO6S. The molecule has 1 saturated heterocycles. The van der Waals surface area contributed by atoms with Crippen LogP contribution in [0.25, 0.3) is 6.08 Å². The van der Waals surface area contributed by atoms with E-state index in [1.807, 2.05) is 4.90 Å². The minimum atomic E-state index is -0.000182. The number of carbonyl (C=O) groups is 1. The number of ether oxygens (including phenoxy) is 5. The van der Waals surface area contributed by atoms with Crippen LogP contribution in [0.2, 0.25) is 0 Å². The van der Waals surface area contributed by atoms with Crippen LogP contribution in [0.1, 0.15) is 5.56 Å². The van der Waals surface area contributed by atoms with Crippen LogP contribution in [0.5, 0.6) is 17.2 Å². The first-order valence-corrected chi connectivity index (χ1v) is 9.35. The van der Waals surface area contributed by atoms with Gasteiger partial charge in [0.25, 0.3) is 0 Å². The Hall–Kier alpha value is -1.90. The Morgan fingerprint density at radius 1 is 1.19 bits per heavy atom. The van der Waals surface area contributed by atoms with E-state index in [1.165, 1.54) is 0 Å². The molecule has 7 nitrogen and oxygen atoms in total. The van der Waals surface area contributed by atoms with Crippen LogP contribution in [0.15, 0.2) is 18.2 Å². The third kappa shape index (κ3) is 5.82. The molecule has 1 aliphatic heterocycles. The summed E-state index contributed by atoms with van der Waals surface area (Å²) in [6, 6.07) is 3.57. The lowest BCUT2D eigenvalue weighted by Gasteiger charge is -2.15. The summed E-state index contributed by atoms with van der Waals surface area (Å²) in [5.74, 6) is 3.18. The number of benzene rings is 1. The Morgan fingerprint density at radius 2 is 1.92 bits per heavy atom. The number of carbonyl (C=O) groups excluding carboxylic acids is 1. The van der Waals surface area contributed by atoms with Crippen LogP contribution in [-0.2, 0) is 14.3 Å². The van der Waals surface area contributed by atoms with Gasteiger partial charge in [-0.05, 0) is 23.8 Å². The van der Waals surface area contributed by atoms with Crippen LogP contribution in [0.4, 0.5) is 0 Å². The number of hydrogen-bond acceptors (Lipinski definition) is 7. The molecule has 2 rings (SSSR count). The molecule has 144 valence electrons. The average molecular weight is 383 g/mol. The fourth-order valence-electron chi connectivity index (χ4n) is 2.30. The van der Waals surface area contributed by atoms with Crippen molar-refractivity contribution >= 4 is 23.7 Å². The topological polar surface area (TPSA) is 66.5 Å². The Balaban J connectivity index is 2.07. The lowest BCUT2D eigenvalue weighted by Crippen LogP contribution is -2.25. The monoisotopic (exact) mass is 383 g/mol. The van der Waals surface area contributed by atoms with Gasteiger partial charge in [0.05, 0.1) is 33.3 Å². The van der Waals surface area contributed by atoms with E-state index in [9.17, 15) is 4.79 Å². The lowest BCUT2D eigenvalue weighted by atomic mass is 10.1. The minimum absolute atomic E-state index is 0.000182. The quantitative estimate of drug-likeness (QED) is 0.349. The molecular weight excluding hydrogens is 358 g/mol. The summed E-state index contributed by atoms with van der Waals surface area (Å²) in [7, 11) is 4.71. The molecule has 1 aromatic rings. The molecule has 1 aliphatic rings. The van der Waals surface area contributed by atoms with Crippen LogP contribution in [0, 0.1) is 0 Å². The first-order valence-electron chi connectivity index (χ1n) is 8.19. The number of hydrogen-bond donors (Lipinski definition) is 0. The first-order chi connectivity index (χ1) is 12.7. The molecule has 1 aromatic carbocycles. The Kier molecular flexibility index (Phi) is 8.60. The predicted molar refractivity (Wildman–Crippen MR) is 101 cm³/mol. The lowest BCUT2D eigenvalue weighted by molar-refractivity contribution is -0.124. The molecule has 1 heterocycles. The molecule has 0 radical (unpaired) electrons. The summed E-state index contributed by atoms with van der Waals surface area (Å²) in [6.45, 7) is 1.76. The maximum Gasteiger partial charge on any atom is 0.247 e. The summed E-state index contributed by atoms with van der Waals surface area (Å²) in [4.78, 5) is 13.9. The molecule has 0 bridgehead atoms. The molecule has 26 heavy (non-hydrogen) atoms. The Morgan fingerprint density at radius 3 is 2.50 bits per heavy atom. The Labute approximate surface area is 158 Å². The summed E-state index contributed by atoms with van der Waals surface area (Å²) < 4.78 is 26.7. The van der Waals surface area contributed by atoms with Gasteiger partial charge in [-0.3, -0.25) is 4.79 Å². The molecule has 0 saturated carbocycles. The highest BCUT2D eigenvalue weighted by atomic mass is 32.2. The zero-order valence-electron chi connectivity index (χ0n) is 15.4. The maximum atomic E-state index is 12.1. The highest BCUT2D eigenvalue weighted by molar-refractivity contribution is 7.99. The average Bonchev–Trinajstić information content (AvgIpc) is 3.20. The highest BCUT2D eigenvalue weighted by Gasteiger charge is 2.17. The van der Waals surface area contributed by atoms with Gasteiger partial charge >= 0.3 is 0 Å². The zero-order valence-corrected chi connectivity index (χ0v) is 16.2. The third-order valence-corrected chi connectivity index (χ3v) is 4.65. The molecule has 0 aliphatic carbocycles. The van der Waals surface area contributed by atoms with Gasteiger partial charge in [0.15, 0.2) is 18.3 Å². The highest BCUT2D eigenvalue weighted by Crippen LogP contribution is 2.39. The van der Waals surface area contributed by atoms with Crippen LogP contribution in [-0.4, -0.2) is 70.3 Å². The van der Waals surface area contributed by atoms with Gasteiger partial charge in [-0.15, -0.1) is 11.8 Å². The van der Waals surface area contributed by atoms with Crippen molar-refractivity contribution in [2.45, 2.75) is 0 Å². The summed E-state index contributed by atoms with van der Waals surface area (Å²) in [6.07, 6.45) is 3.31. The van der Waals surface area contributed by atoms with Gasteiger partial charge in [0, 0.05) is 25.5 Å². The smallest absolute Gasteiger partial charge is 0.247 e. The number of thioether (sulfide) groups is 1. The van der Waals surface area contributed by atoms with E-state index in [2.05, 4.69) is 0 Å². The molecule has 0 N–H and O–H groups in total. The van der Waals surface area contributed by atoms with Crippen LogP contribution < -0.4 is 14.2 Å². The molecule has 0 unspecified atom stereocenters. The van der Waals surface area contributed by atoms with Gasteiger partial charge in [-0.2, -0.15) is 0 Å². The second kappa shape index (κ2) is 10.9. The number of nitrogens with zero attached hydrogens (tertiary/aromatic N) is 1. The SMILES string of the molecule is COCCOCOc1c(OC)cc(/C=C/C(=O)N2CCSC2)cc1OC. The molecule has 0 spiro atoms. The molecule has 8 heteroatoms. The van der Waals surface area contributed by atoms with E-state index >= 15 is 0 Å². The van der Waals surface area contributed by atoms with Gasteiger partial charge in [-0.1, -0.05) is 0 Å². The van der Waals surface area contributed by atoms with Crippen molar-refractivity contribution in [1.82, 2.24) is 4.90 Å². The molecule has 0 atom stereocenters. The van der Waals surface area contributed by atoms with Gasteiger partial charge < -0.3 is 28.6 Å². The fourth-order valence-corrected chi connectivity index (χ4v) is 3.26. The van der Waals surface area contributed by atoms with Crippen molar-refractivity contribution in [3.05, 3.63) is 23.8 Å². The van der Waals surface area contributed by atoms with Gasteiger partial charge in [0.2, 0.25) is 11.7 Å². The number of amides is 1. The molecule has 0 aromatic heterocycles. The van der Waals surface area contributed by atoms with Gasteiger partial charge in [-0.25, -0.2) is 0 Å². The number of methoxy groups -OCH3 is 3. The van der Waals surface area contributed by atoms with Crippen LogP contribution >= 0.6 is 11.8 Å². The zero-order chi connectivity index (χ0) is 18.8. The van der Waals surface area contributed by atoms with Crippen molar-refractivity contribution in [2.24, 2.45) is 0 Å². The van der Waals surface area contributed by atoms with Crippen molar-refractivity contribution in [3.8, 4) is 17.2 Å². The standard InChI is InChI=1S/C18H25NO6S/c1-21-7-8-24-13-25-18-15(22-2)10-14(11-16(18)23-3)4-5-17(20)19-6-9-26-12-19/h4-5,10-11H,6-9,12-13H2,1-3H3/b5-4+. The van der Waals surface area contributed by atoms with Crippen molar-refractivity contribution < 1.29 is 28.5 Å². The molecule has 1 fully saturated rings. The van der Waals surface area contributed by atoms with E-state index in [-0.39, 0.29) is 12.7 Å². The van der Waals surface area contributed by atoms with E-state index in [0.717, 1.165) is 23.7 Å². The minimum Gasteiger partial charge on any atom is -0.493 e. The second-order valence-electron chi connectivity index (χ2n) is 5.39. The maximum absolute atomic E-state index is 12.1. The normalized spacial score (nSPS) is 14.0. The summed E-state index contributed by atoms with van der Waals surface area (Å²) in [5, 5.41) is 0. The fraction of sp³-hybridized carbons (Fsp3) is 0.500. The first kappa shape index (κ1) is 20.4. The second-order valence-corrected chi connectivity index (χ2v) is 6.46. The summed E-state index contributed by atoms with van der Waals surface area (Å²) in [5.41, 5.74) is 0.784. The van der Waals surface area contributed by atoms with E-state index in [4.69, 9.17) is 23.7 Å².